The smallest absolute Gasteiger partial charge is 0.139 e. The van der Waals surface area contributed by atoms with E-state index in [9.17, 15) is 0 Å². The molecule has 1 aromatic heterocycles. The minimum Gasteiger partial charge on any atom is -0.493 e. The van der Waals surface area contributed by atoms with Gasteiger partial charge < -0.3 is 4.74 Å². The Morgan fingerprint density at radius 3 is 2.48 bits per heavy atom. The second kappa shape index (κ2) is 5.82. The Hall–Kier alpha value is -1.32. The molecule has 0 bridgehead atoms. The minimum atomic E-state index is 0.0752. The van der Waals surface area contributed by atoms with E-state index in [1.165, 1.54) is 0 Å². The van der Waals surface area contributed by atoms with Crippen LogP contribution in [0.25, 0.3) is 0 Å². The second-order valence-electron chi connectivity index (χ2n) is 5.46. The van der Waals surface area contributed by atoms with Crippen molar-refractivity contribution in [1.82, 2.24) is 9.97 Å². The third kappa shape index (κ3) is 2.72. The molecule has 0 amide bonds. The van der Waals surface area contributed by atoms with E-state index in [4.69, 9.17) is 27.9 Å². The van der Waals surface area contributed by atoms with Crippen molar-refractivity contribution in [2.45, 2.75) is 32.1 Å². The Labute approximate surface area is 134 Å². The van der Waals surface area contributed by atoms with Gasteiger partial charge >= 0.3 is 0 Å². The van der Waals surface area contributed by atoms with Crippen LogP contribution in [0.1, 0.15) is 49.1 Å². The lowest BCUT2D eigenvalue weighted by molar-refractivity contribution is 0.274. The van der Waals surface area contributed by atoms with E-state index in [-0.39, 0.29) is 11.8 Å². The Kier molecular flexibility index (Phi) is 4.05. The second-order valence-corrected chi connectivity index (χ2v) is 6.18. The first-order chi connectivity index (χ1) is 10.1. The molecule has 0 aliphatic carbocycles. The first-order valence-electron chi connectivity index (χ1n) is 7.02. The molecular formula is C16H16Cl2N2O. The van der Waals surface area contributed by atoms with Crippen LogP contribution in [0.5, 0.6) is 5.75 Å². The van der Waals surface area contributed by atoms with E-state index in [0.717, 1.165) is 23.3 Å². The molecule has 0 N–H and O–H groups in total. The number of hydrogen-bond acceptors (Lipinski definition) is 3. The van der Waals surface area contributed by atoms with Gasteiger partial charge in [-0.1, -0.05) is 55.2 Å². The fraction of sp³-hybridized carbons (Fsp3) is 0.375. The Balaban J connectivity index is 2.07. The predicted octanol–water partition coefficient (Wildman–Crippen LogP) is 4.82. The quantitative estimate of drug-likeness (QED) is 0.743. The van der Waals surface area contributed by atoms with Gasteiger partial charge in [-0.2, -0.15) is 0 Å². The molecule has 2 heterocycles. The van der Waals surface area contributed by atoms with Crippen LogP contribution < -0.4 is 4.74 Å². The maximum absolute atomic E-state index is 6.31. The lowest BCUT2D eigenvalue weighted by Crippen LogP contribution is -2.18. The number of rotatable bonds is 2. The molecule has 0 fully saturated rings. The standard InChI is InChI=1S/C16H16Cl2N2O/c1-9(2)13-14(17)19-16(20-15(13)18)11-7-8-21-12-6-4-3-5-10(11)12/h3-6,9,11H,7-8H2,1-2H3. The zero-order valence-corrected chi connectivity index (χ0v) is 13.4. The molecule has 0 saturated carbocycles. The van der Waals surface area contributed by atoms with Gasteiger partial charge in [-0.3, -0.25) is 0 Å². The summed E-state index contributed by atoms with van der Waals surface area (Å²) >= 11 is 12.6. The Bertz CT molecular complexity index is 650. The van der Waals surface area contributed by atoms with Crippen LogP contribution in [-0.4, -0.2) is 16.6 Å². The zero-order valence-electron chi connectivity index (χ0n) is 11.9. The Morgan fingerprint density at radius 2 is 1.81 bits per heavy atom. The SMILES string of the molecule is CC(C)c1c(Cl)nc(C2CCOc3ccccc32)nc1Cl. The molecule has 110 valence electrons. The van der Waals surface area contributed by atoms with Gasteiger partial charge in [0.15, 0.2) is 0 Å². The highest BCUT2D eigenvalue weighted by molar-refractivity contribution is 6.34. The van der Waals surface area contributed by atoms with E-state index >= 15 is 0 Å². The van der Waals surface area contributed by atoms with Gasteiger partial charge in [0.25, 0.3) is 0 Å². The van der Waals surface area contributed by atoms with E-state index in [2.05, 4.69) is 9.97 Å². The molecule has 3 rings (SSSR count). The van der Waals surface area contributed by atoms with Crippen molar-refractivity contribution >= 4 is 23.2 Å². The summed E-state index contributed by atoms with van der Waals surface area (Å²) < 4.78 is 5.68. The maximum Gasteiger partial charge on any atom is 0.139 e. The normalized spacial score (nSPS) is 17.5. The summed E-state index contributed by atoms with van der Waals surface area (Å²) in [5, 5.41) is 0.896. The molecule has 0 radical (unpaired) electrons. The summed E-state index contributed by atoms with van der Waals surface area (Å²) in [5.74, 6) is 1.83. The van der Waals surface area contributed by atoms with Crippen molar-refractivity contribution in [2.24, 2.45) is 0 Å². The van der Waals surface area contributed by atoms with E-state index in [0.29, 0.717) is 22.7 Å². The van der Waals surface area contributed by atoms with Crippen molar-refractivity contribution in [3.05, 3.63) is 51.5 Å². The van der Waals surface area contributed by atoms with Crippen LogP contribution in [0.2, 0.25) is 10.3 Å². The summed E-state index contributed by atoms with van der Waals surface area (Å²) in [6.45, 7) is 4.70. The highest BCUT2D eigenvalue weighted by Crippen LogP contribution is 2.38. The molecule has 0 saturated heterocycles. The molecular weight excluding hydrogens is 307 g/mol. The number of para-hydroxylation sites is 1. The molecule has 1 atom stereocenters. The zero-order chi connectivity index (χ0) is 15.0. The van der Waals surface area contributed by atoms with Gasteiger partial charge in [0.05, 0.1) is 12.5 Å². The molecule has 0 spiro atoms. The number of fused-ring (bicyclic) bond motifs is 1. The largest absolute Gasteiger partial charge is 0.493 e. The topological polar surface area (TPSA) is 35.0 Å². The molecule has 1 unspecified atom stereocenters. The molecule has 5 heteroatoms. The van der Waals surface area contributed by atoms with Gasteiger partial charge in [0, 0.05) is 11.1 Å². The first-order valence-corrected chi connectivity index (χ1v) is 7.78. The van der Waals surface area contributed by atoms with Crippen molar-refractivity contribution in [3.8, 4) is 5.75 Å². The van der Waals surface area contributed by atoms with Gasteiger partial charge in [-0.25, -0.2) is 9.97 Å². The molecule has 1 aliphatic rings. The minimum absolute atomic E-state index is 0.0752. The molecule has 1 aliphatic heterocycles. The van der Waals surface area contributed by atoms with Crippen molar-refractivity contribution in [1.29, 1.82) is 0 Å². The third-order valence-corrected chi connectivity index (χ3v) is 4.29. The number of halogens is 2. The summed E-state index contributed by atoms with van der Waals surface area (Å²) in [5.41, 5.74) is 1.90. The molecule has 21 heavy (non-hydrogen) atoms. The number of nitrogens with zero attached hydrogens (tertiary/aromatic N) is 2. The monoisotopic (exact) mass is 322 g/mol. The third-order valence-electron chi connectivity index (χ3n) is 3.72. The first kappa shape index (κ1) is 14.6. The number of ether oxygens (including phenoxy) is 1. The number of benzene rings is 1. The number of aromatic nitrogens is 2. The van der Waals surface area contributed by atoms with Crippen molar-refractivity contribution in [3.63, 3.8) is 0 Å². The van der Waals surface area contributed by atoms with Crippen molar-refractivity contribution < 1.29 is 4.74 Å². The van der Waals surface area contributed by atoms with Gasteiger partial charge in [0.2, 0.25) is 0 Å². The summed E-state index contributed by atoms with van der Waals surface area (Å²) in [6.07, 6.45) is 0.824. The summed E-state index contributed by atoms with van der Waals surface area (Å²) in [4.78, 5) is 8.98. The lowest BCUT2D eigenvalue weighted by Gasteiger charge is -2.25. The lowest BCUT2D eigenvalue weighted by atomic mass is 9.92. The van der Waals surface area contributed by atoms with Crippen LogP contribution >= 0.6 is 23.2 Å². The van der Waals surface area contributed by atoms with Crippen LogP contribution in [0.4, 0.5) is 0 Å². The van der Waals surface area contributed by atoms with Gasteiger partial charge in [-0.15, -0.1) is 0 Å². The fourth-order valence-electron chi connectivity index (χ4n) is 2.67. The highest BCUT2D eigenvalue weighted by Gasteiger charge is 2.27. The average molecular weight is 323 g/mol. The molecule has 1 aromatic carbocycles. The van der Waals surface area contributed by atoms with Gasteiger partial charge in [0.1, 0.15) is 21.9 Å². The van der Waals surface area contributed by atoms with E-state index < -0.39 is 0 Å². The Morgan fingerprint density at radius 1 is 1.14 bits per heavy atom. The number of hydrogen-bond donors (Lipinski definition) is 0. The van der Waals surface area contributed by atoms with Crippen molar-refractivity contribution in [2.75, 3.05) is 6.61 Å². The highest BCUT2D eigenvalue weighted by atomic mass is 35.5. The van der Waals surface area contributed by atoms with E-state index in [1.54, 1.807) is 0 Å². The molecule has 3 nitrogen and oxygen atoms in total. The van der Waals surface area contributed by atoms with Crippen LogP contribution in [0.15, 0.2) is 24.3 Å². The van der Waals surface area contributed by atoms with Crippen LogP contribution in [-0.2, 0) is 0 Å². The van der Waals surface area contributed by atoms with Gasteiger partial charge in [-0.05, 0) is 18.4 Å². The van der Waals surface area contributed by atoms with Crippen LogP contribution in [0, 0.1) is 0 Å². The fourth-order valence-corrected chi connectivity index (χ4v) is 3.51. The van der Waals surface area contributed by atoms with Crippen LogP contribution in [0.3, 0.4) is 0 Å². The van der Waals surface area contributed by atoms with E-state index in [1.807, 2.05) is 38.1 Å². The maximum atomic E-state index is 6.31. The molecule has 2 aromatic rings. The summed E-state index contributed by atoms with van der Waals surface area (Å²) in [7, 11) is 0. The summed E-state index contributed by atoms with van der Waals surface area (Å²) in [6, 6.07) is 7.96. The predicted molar refractivity (Wildman–Crippen MR) is 84.5 cm³/mol. The average Bonchev–Trinajstić information content (AvgIpc) is 2.45.